The lowest BCUT2D eigenvalue weighted by Gasteiger charge is -2.22. The van der Waals surface area contributed by atoms with Gasteiger partial charge in [-0.15, -0.1) is 0 Å². The second kappa shape index (κ2) is 7.95. The van der Waals surface area contributed by atoms with Gasteiger partial charge in [0.2, 0.25) is 5.82 Å². The molecule has 0 saturated heterocycles. The largest absolute Gasteiger partial charge is 0.449 e. The number of pyridine rings is 1. The summed E-state index contributed by atoms with van der Waals surface area (Å²) >= 11 is 0. The number of ether oxygens (including phenoxy) is 1. The molecule has 2 rings (SSSR count). The molecule has 0 atom stereocenters. The number of carbonyl (C=O) groups excluding carboxylic acids is 1. The van der Waals surface area contributed by atoms with Crippen LogP contribution >= 0.6 is 0 Å². The van der Waals surface area contributed by atoms with Crippen LogP contribution in [0.3, 0.4) is 0 Å². The Morgan fingerprint density at radius 1 is 1.40 bits per heavy atom. The Morgan fingerprint density at radius 2 is 2.08 bits per heavy atom. The Hall–Kier alpha value is -3.36. The molecule has 0 unspecified atom stereocenters. The molecular weight excluding hydrogens is 326 g/mol. The molecule has 1 aromatic heterocycles. The molecule has 1 amide bonds. The van der Waals surface area contributed by atoms with Crippen LogP contribution < -0.4 is 16.0 Å². The van der Waals surface area contributed by atoms with Gasteiger partial charge in [0.15, 0.2) is 0 Å². The van der Waals surface area contributed by atoms with E-state index >= 15 is 0 Å². The Morgan fingerprint density at radius 3 is 2.64 bits per heavy atom. The zero-order valence-electron chi connectivity index (χ0n) is 13.9. The molecule has 1 aromatic carbocycles. The minimum absolute atomic E-state index is 0.0177. The van der Waals surface area contributed by atoms with Crippen LogP contribution in [0.15, 0.2) is 36.4 Å². The quantitative estimate of drug-likeness (QED) is 0.609. The van der Waals surface area contributed by atoms with Crippen LogP contribution in [-0.4, -0.2) is 29.7 Å². The van der Waals surface area contributed by atoms with E-state index in [9.17, 15) is 14.9 Å². The van der Waals surface area contributed by atoms with Crippen LogP contribution in [0.25, 0.3) is 0 Å². The zero-order valence-corrected chi connectivity index (χ0v) is 13.9. The van der Waals surface area contributed by atoms with E-state index in [1.165, 1.54) is 11.0 Å². The fourth-order valence-electron chi connectivity index (χ4n) is 2.28. The van der Waals surface area contributed by atoms with Crippen LogP contribution in [0.1, 0.15) is 12.5 Å². The van der Waals surface area contributed by atoms with Gasteiger partial charge in [-0.3, -0.25) is 15.0 Å². The number of benzene rings is 1. The molecule has 0 aliphatic carbocycles. The number of nitrogens with zero attached hydrogens (tertiary/aromatic N) is 3. The average Bonchev–Trinajstić information content (AvgIpc) is 2.59. The SMILES string of the molecule is CCOC(=O)N(Cc1ccccc1)c1cc(NC)nc(N)c1[N+](=O)[O-]. The molecule has 0 spiro atoms. The maximum atomic E-state index is 12.4. The second-order valence-electron chi connectivity index (χ2n) is 5.04. The molecular formula is C16H19N5O4. The standard InChI is InChI=1S/C16H19N5O4/c1-3-25-16(22)20(10-11-7-5-4-6-8-11)12-9-13(18-2)19-15(17)14(12)21(23)24/h4-9H,3,10H2,1-2H3,(H3,17,18,19). The Bertz CT molecular complexity index is 767. The third-order valence-corrected chi connectivity index (χ3v) is 3.40. The molecule has 2 aromatic rings. The number of hydrogen-bond acceptors (Lipinski definition) is 7. The average molecular weight is 345 g/mol. The van der Waals surface area contributed by atoms with E-state index in [4.69, 9.17) is 10.5 Å². The summed E-state index contributed by atoms with van der Waals surface area (Å²) < 4.78 is 5.06. The summed E-state index contributed by atoms with van der Waals surface area (Å²) in [6.07, 6.45) is -0.706. The van der Waals surface area contributed by atoms with Crippen molar-refractivity contribution in [2.24, 2.45) is 0 Å². The molecule has 25 heavy (non-hydrogen) atoms. The summed E-state index contributed by atoms with van der Waals surface area (Å²) in [6.45, 7) is 1.89. The van der Waals surface area contributed by atoms with Crippen molar-refractivity contribution in [3.63, 3.8) is 0 Å². The maximum Gasteiger partial charge on any atom is 0.414 e. The molecule has 0 fully saturated rings. The van der Waals surface area contributed by atoms with Gasteiger partial charge in [0.05, 0.1) is 18.1 Å². The van der Waals surface area contributed by atoms with Crippen LogP contribution in [0.2, 0.25) is 0 Å². The van der Waals surface area contributed by atoms with E-state index in [0.29, 0.717) is 5.82 Å². The van der Waals surface area contributed by atoms with Gasteiger partial charge in [-0.1, -0.05) is 30.3 Å². The minimum Gasteiger partial charge on any atom is -0.449 e. The van der Waals surface area contributed by atoms with Crippen molar-refractivity contribution in [2.75, 3.05) is 29.6 Å². The fraction of sp³-hybridized carbons (Fsp3) is 0.250. The number of nitrogens with two attached hydrogens (primary N) is 1. The van der Waals surface area contributed by atoms with E-state index in [2.05, 4.69) is 10.3 Å². The first kappa shape index (κ1) is 18.0. The first-order valence-corrected chi connectivity index (χ1v) is 7.58. The number of amides is 1. The van der Waals surface area contributed by atoms with Crippen molar-refractivity contribution >= 4 is 29.1 Å². The smallest absolute Gasteiger partial charge is 0.414 e. The first-order chi connectivity index (χ1) is 12.0. The topological polar surface area (TPSA) is 124 Å². The molecule has 9 heteroatoms. The Kier molecular flexibility index (Phi) is 5.72. The molecule has 3 N–H and O–H groups in total. The molecule has 0 saturated carbocycles. The number of aromatic nitrogens is 1. The second-order valence-corrected chi connectivity index (χ2v) is 5.04. The minimum atomic E-state index is -0.706. The first-order valence-electron chi connectivity index (χ1n) is 7.58. The van der Waals surface area contributed by atoms with Crippen molar-refractivity contribution in [3.8, 4) is 0 Å². The lowest BCUT2D eigenvalue weighted by molar-refractivity contribution is -0.383. The lowest BCUT2D eigenvalue weighted by Crippen LogP contribution is -2.32. The van der Waals surface area contributed by atoms with Gasteiger partial charge in [0.25, 0.3) is 0 Å². The van der Waals surface area contributed by atoms with Crippen LogP contribution in [0.5, 0.6) is 0 Å². The third-order valence-electron chi connectivity index (χ3n) is 3.40. The summed E-state index contributed by atoms with van der Waals surface area (Å²) in [5.74, 6) is 0.0228. The van der Waals surface area contributed by atoms with E-state index in [0.717, 1.165) is 5.56 Å². The van der Waals surface area contributed by atoms with Gasteiger partial charge >= 0.3 is 11.8 Å². The summed E-state index contributed by atoms with van der Waals surface area (Å²) in [7, 11) is 1.60. The summed E-state index contributed by atoms with van der Waals surface area (Å²) in [4.78, 5) is 28.3. The summed E-state index contributed by atoms with van der Waals surface area (Å²) in [6, 6.07) is 10.5. The monoisotopic (exact) mass is 345 g/mol. The van der Waals surface area contributed by atoms with Gasteiger partial charge in [0, 0.05) is 13.1 Å². The molecule has 1 heterocycles. The number of nitrogens with one attached hydrogen (secondary N) is 1. The van der Waals surface area contributed by atoms with Crippen molar-refractivity contribution in [2.45, 2.75) is 13.5 Å². The Labute approximate surface area is 144 Å². The molecule has 0 aliphatic rings. The number of nitrogen functional groups attached to an aromatic ring is 1. The molecule has 0 radical (unpaired) electrons. The maximum absolute atomic E-state index is 12.4. The van der Waals surface area contributed by atoms with Crippen LogP contribution in [0, 0.1) is 10.1 Å². The Balaban J connectivity index is 2.57. The van der Waals surface area contributed by atoms with Gasteiger partial charge < -0.3 is 15.8 Å². The van der Waals surface area contributed by atoms with Crippen molar-refractivity contribution in [1.29, 1.82) is 0 Å². The highest BCUT2D eigenvalue weighted by atomic mass is 16.6. The highest BCUT2D eigenvalue weighted by Gasteiger charge is 2.29. The molecule has 0 aliphatic heterocycles. The molecule has 9 nitrogen and oxygen atoms in total. The van der Waals surface area contributed by atoms with Gasteiger partial charge in [-0.05, 0) is 12.5 Å². The predicted molar refractivity (Wildman–Crippen MR) is 94.5 cm³/mol. The highest BCUT2D eigenvalue weighted by molar-refractivity contribution is 5.93. The zero-order chi connectivity index (χ0) is 18.4. The van der Waals surface area contributed by atoms with Gasteiger partial charge in [0.1, 0.15) is 11.5 Å². The van der Waals surface area contributed by atoms with E-state index in [1.807, 2.05) is 30.3 Å². The normalized spacial score (nSPS) is 10.2. The van der Waals surface area contributed by atoms with Gasteiger partial charge in [-0.25, -0.2) is 9.78 Å². The van der Waals surface area contributed by atoms with E-state index < -0.39 is 16.7 Å². The third kappa shape index (κ3) is 4.14. The van der Waals surface area contributed by atoms with Crippen LogP contribution in [-0.2, 0) is 11.3 Å². The highest BCUT2D eigenvalue weighted by Crippen LogP contribution is 2.36. The predicted octanol–water partition coefficient (Wildman–Crippen LogP) is 2.78. The van der Waals surface area contributed by atoms with Crippen molar-refractivity contribution in [1.82, 2.24) is 4.98 Å². The summed E-state index contributed by atoms with van der Waals surface area (Å²) in [5, 5.41) is 14.2. The number of anilines is 3. The van der Waals surface area contributed by atoms with Gasteiger partial charge in [-0.2, -0.15) is 0 Å². The van der Waals surface area contributed by atoms with E-state index in [1.54, 1.807) is 14.0 Å². The summed E-state index contributed by atoms with van der Waals surface area (Å²) in [5.41, 5.74) is 6.09. The number of nitro groups is 1. The van der Waals surface area contributed by atoms with E-state index in [-0.39, 0.29) is 24.7 Å². The molecule has 0 bridgehead atoms. The van der Waals surface area contributed by atoms with Crippen LogP contribution in [0.4, 0.5) is 27.8 Å². The number of rotatable bonds is 6. The molecule has 132 valence electrons. The van der Waals surface area contributed by atoms with Crippen molar-refractivity contribution in [3.05, 3.63) is 52.1 Å². The number of hydrogen-bond donors (Lipinski definition) is 2. The number of carbonyl (C=O) groups is 1. The lowest BCUT2D eigenvalue weighted by atomic mass is 10.2. The van der Waals surface area contributed by atoms with Crippen molar-refractivity contribution < 1.29 is 14.5 Å². The fourth-order valence-corrected chi connectivity index (χ4v) is 2.28.